The van der Waals surface area contributed by atoms with Crippen LogP contribution in [0.15, 0.2) is 29.1 Å². The number of carbonyl (C=O) groups is 2. The van der Waals surface area contributed by atoms with Gasteiger partial charge >= 0.3 is 0 Å². The molecule has 28 heavy (non-hydrogen) atoms. The highest BCUT2D eigenvalue weighted by atomic mass is 16.2. The Balaban J connectivity index is 1.58. The first kappa shape index (κ1) is 18.5. The molecule has 1 aliphatic heterocycles. The maximum atomic E-state index is 12.7. The number of benzene rings is 1. The van der Waals surface area contributed by atoms with E-state index >= 15 is 0 Å². The number of pyridine rings is 1. The number of rotatable bonds is 2. The van der Waals surface area contributed by atoms with Gasteiger partial charge in [0.15, 0.2) is 0 Å². The Labute approximate surface area is 164 Å². The van der Waals surface area contributed by atoms with Crippen LogP contribution in [0.1, 0.15) is 60.3 Å². The van der Waals surface area contributed by atoms with Crippen LogP contribution in [0.4, 0.5) is 11.4 Å². The van der Waals surface area contributed by atoms with Crippen molar-refractivity contribution in [2.75, 3.05) is 10.2 Å². The molecule has 2 aliphatic rings. The van der Waals surface area contributed by atoms with Crippen LogP contribution >= 0.6 is 0 Å². The Morgan fingerprint density at radius 2 is 1.89 bits per heavy atom. The van der Waals surface area contributed by atoms with E-state index in [0.29, 0.717) is 5.69 Å². The maximum Gasteiger partial charge on any atom is 0.261 e. The van der Waals surface area contributed by atoms with Gasteiger partial charge in [-0.2, -0.15) is 0 Å². The Morgan fingerprint density at radius 3 is 2.68 bits per heavy atom. The van der Waals surface area contributed by atoms with Gasteiger partial charge in [-0.25, -0.2) is 0 Å². The average Bonchev–Trinajstić information content (AvgIpc) is 2.81. The van der Waals surface area contributed by atoms with Crippen molar-refractivity contribution in [3.05, 3.63) is 57.0 Å². The summed E-state index contributed by atoms with van der Waals surface area (Å²) in [5, 5.41) is 2.85. The van der Waals surface area contributed by atoms with E-state index in [0.717, 1.165) is 61.0 Å². The third kappa shape index (κ3) is 3.35. The average molecular weight is 379 g/mol. The van der Waals surface area contributed by atoms with Crippen LogP contribution in [-0.4, -0.2) is 22.8 Å². The van der Waals surface area contributed by atoms with E-state index in [1.165, 1.54) is 0 Å². The second kappa shape index (κ2) is 7.26. The second-order valence-electron chi connectivity index (χ2n) is 7.82. The predicted molar refractivity (Wildman–Crippen MR) is 109 cm³/mol. The van der Waals surface area contributed by atoms with Gasteiger partial charge in [-0.05, 0) is 74.4 Å². The summed E-state index contributed by atoms with van der Waals surface area (Å²) in [5.74, 6) is -0.387. The van der Waals surface area contributed by atoms with Crippen molar-refractivity contribution in [3.8, 4) is 0 Å². The number of anilines is 2. The molecule has 0 spiro atoms. The lowest BCUT2D eigenvalue weighted by molar-refractivity contribution is -0.116. The lowest BCUT2D eigenvalue weighted by atomic mass is 10.1. The zero-order valence-electron chi connectivity index (χ0n) is 16.3. The van der Waals surface area contributed by atoms with Gasteiger partial charge in [-0.15, -0.1) is 0 Å². The first-order chi connectivity index (χ1) is 13.4. The quantitative estimate of drug-likeness (QED) is 0.786. The summed E-state index contributed by atoms with van der Waals surface area (Å²) in [6.07, 6.45) is 5.79. The Bertz CT molecular complexity index is 1010. The summed E-state index contributed by atoms with van der Waals surface area (Å²) >= 11 is 0. The normalized spacial score (nSPS) is 18.2. The van der Waals surface area contributed by atoms with Crippen LogP contribution in [0.25, 0.3) is 0 Å². The largest absolute Gasteiger partial charge is 0.325 e. The van der Waals surface area contributed by atoms with Crippen LogP contribution in [0, 0.1) is 0 Å². The Morgan fingerprint density at radius 1 is 1.11 bits per heavy atom. The van der Waals surface area contributed by atoms with Gasteiger partial charge in [0.2, 0.25) is 5.91 Å². The van der Waals surface area contributed by atoms with Crippen LogP contribution in [0.2, 0.25) is 0 Å². The fraction of sp³-hybridized carbons (Fsp3) is 0.409. The fourth-order valence-corrected chi connectivity index (χ4v) is 4.41. The molecule has 0 saturated heterocycles. The molecule has 0 fully saturated rings. The molecule has 2 aromatic rings. The number of aryl methyl sites for hydroxylation is 2. The highest BCUT2D eigenvalue weighted by molar-refractivity contribution is 6.04. The molecule has 2 N–H and O–H groups in total. The zero-order chi connectivity index (χ0) is 19.8. The lowest BCUT2D eigenvalue weighted by Gasteiger charge is -2.20. The lowest BCUT2D eigenvalue weighted by Crippen LogP contribution is -2.33. The number of nitrogens with zero attached hydrogens (tertiary/aromatic N) is 1. The zero-order valence-corrected chi connectivity index (χ0v) is 16.3. The van der Waals surface area contributed by atoms with Gasteiger partial charge < -0.3 is 15.2 Å². The van der Waals surface area contributed by atoms with E-state index in [-0.39, 0.29) is 23.1 Å². The smallest absolute Gasteiger partial charge is 0.261 e. The third-order valence-corrected chi connectivity index (χ3v) is 5.72. The summed E-state index contributed by atoms with van der Waals surface area (Å²) in [4.78, 5) is 41.7. The van der Waals surface area contributed by atoms with Crippen molar-refractivity contribution >= 4 is 23.2 Å². The third-order valence-electron chi connectivity index (χ3n) is 5.72. The highest BCUT2D eigenvalue weighted by Crippen LogP contribution is 2.34. The minimum absolute atomic E-state index is 0.0135. The summed E-state index contributed by atoms with van der Waals surface area (Å²) in [5.41, 5.74) is 4.40. The molecule has 0 unspecified atom stereocenters. The van der Waals surface area contributed by atoms with Crippen molar-refractivity contribution < 1.29 is 9.59 Å². The van der Waals surface area contributed by atoms with Crippen molar-refractivity contribution in [2.24, 2.45) is 0 Å². The van der Waals surface area contributed by atoms with Gasteiger partial charge in [0.05, 0.1) is 0 Å². The van der Waals surface area contributed by atoms with Gasteiger partial charge in [-0.1, -0.05) is 6.42 Å². The first-order valence-electron chi connectivity index (χ1n) is 9.93. The van der Waals surface area contributed by atoms with Crippen molar-refractivity contribution in [1.29, 1.82) is 0 Å². The van der Waals surface area contributed by atoms with Crippen molar-refractivity contribution in [2.45, 2.75) is 58.4 Å². The Hall–Kier alpha value is -2.89. The van der Waals surface area contributed by atoms with Crippen molar-refractivity contribution in [3.63, 3.8) is 0 Å². The van der Waals surface area contributed by atoms with E-state index in [2.05, 4.69) is 10.3 Å². The second-order valence-corrected chi connectivity index (χ2v) is 7.82. The molecule has 2 heterocycles. The number of fused-ring (bicyclic) bond motifs is 2. The number of hydrogen-bond donors (Lipinski definition) is 2. The molecule has 6 heteroatoms. The molecule has 6 nitrogen and oxygen atoms in total. The molecule has 1 atom stereocenters. The summed E-state index contributed by atoms with van der Waals surface area (Å²) in [6, 6.07) is 7.39. The SMILES string of the molecule is CC(=O)N1c2ccc(NC(=O)c3cc4c([nH]c3=O)CCCCC4)cc2C[C@H]1C. The standard InChI is InChI=1S/C22H25N3O3/c1-13-10-16-11-17(8-9-20(16)25(13)14(2)26)23-21(27)18-12-15-6-4-3-5-7-19(15)24-22(18)28/h8-9,11-13H,3-7,10H2,1-2H3,(H,23,27)(H,24,28)/t13-/m1/s1. The fourth-order valence-electron chi connectivity index (χ4n) is 4.41. The maximum absolute atomic E-state index is 12.7. The molecular weight excluding hydrogens is 354 g/mol. The molecule has 4 rings (SSSR count). The first-order valence-corrected chi connectivity index (χ1v) is 9.93. The Kier molecular flexibility index (Phi) is 4.79. The van der Waals surface area contributed by atoms with E-state index in [1.54, 1.807) is 24.0 Å². The number of carbonyl (C=O) groups excluding carboxylic acids is 2. The molecule has 146 valence electrons. The molecule has 1 aromatic carbocycles. The minimum Gasteiger partial charge on any atom is -0.325 e. The number of amides is 2. The topological polar surface area (TPSA) is 82.3 Å². The molecular formula is C22H25N3O3. The van der Waals surface area contributed by atoms with E-state index < -0.39 is 5.91 Å². The van der Waals surface area contributed by atoms with Crippen LogP contribution in [-0.2, 0) is 24.1 Å². The van der Waals surface area contributed by atoms with Crippen LogP contribution < -0.4 is 15.8 Å². The molecule has 1 aromatic heterocycles. The summed E-state index contributed by atoms with van der Waals surface area (Å²) in [6.45, 7) is 3.57. The van der Waals surface area contributed by atoms with Gasteiger partial charge in [0.25, 0.3) is 11.5 Å². The van der Waals surface area contributed by atoms with Crippen LogP contribution in [0.3, 0.4) is 0 Å². The molecule has 0 saturated carbocycles. The van der Waals surface area contributed by atoms with Gasteiger partial charge in [0, 0.05) is 30.0 Å². The minimum atomic E-state index is -0.400. The van der Waals surface area contributed by atoms with Gasteiger partial charge in [-0.3, -0.25) is 14.4 Å². The molecule has 0 bridgehead atoms. The predicted octanol–water partition coefficient (Wildman–Crippen LogP) is 3.19. The molecule has 0 radical (unpaired) electrons. The van der Waals surface area contributed by atoms with Gasteiger partial charge in [0.1, 0.15) is 5.56 Å². The summed E-state index contributed by atoms with van der Waals surface area (Å²) in [7, 11) is 0. The number of nitrogens with one attached hydrogen (secondary N) is 2. The number of aromatic nitrogens is 1. The number of hydrogen-bond acceptors (Lipinski definition) is 3. The van der Waals surface area contributed by atoms with Crippen molar-refractivity contribution in [1.82, 2.24) is 4.98 Å². The monoisotopic (exact) mass is 379 g/mol. The summed E-state index contributed by atoms with van der Waals surface area (Å²) < 4.78 is 0. The van der Waals surface area contributed by atoms with E-state index in [4.69, 9.17) is 0 Å². The molecule has 1 aliphatic carbocycles. The van der Waals surface area contributed by atoms with E-state index in [1.807, 2.05) is 19.1 Å². The van der Waals surface area contributed by atoms with E-state index in [9.17, 15) is 14.4 Å². The highest BCUT2D eigenvalue weighted by Gasteiger charge is 2.29. The van der Waals surface area contributed by atoms with Crippen LogP contribution in [0.5, 0.6) is 0 Å². The molecule has 2 amide bonds. The number of aromatic amines is 1. The number of H-pyrrole nitrogens is 1.